The molecule has 0 fully saturated rings. The van der Waals surface area contributed by atoms with Crippen LogP contribution in [0.4, 0.5) is 0 Å². The average Bonchev–Trinajstić information content (AvgIpc) is 2.38. The van der Waals surface area contributed by atoms with Crippen LogP contribution in [0.2, 0.25) is 0 Å². The molecule has 0 unspecified atom stereocenters. The first kappa shape index (κ1) is 21.4. The van der Waals surface area contributed by atoms with E-state index in [4.69, 9.17) is 27.1 Å². The lowest BCUT2D eigenvalue weighted by Crippen LogP contribution is -2.04. The standard InChI is InChI=1S/C12H24O8P2/c1-7-15-21(13,16-8-2)19-11(5)12(6)20-22(14,17-9-3)18-10-4/h5-10H2,1-4H3. The van der Waals surface area contributed by atoms with E-state index in [0.717, 1.165) is 0 Å². The fourth-order valence-electron chi connectivity index (χ4n) is 1.18. The van der Waals surface area contributed by atoms with Crippen molar-refractivity contribution >= 4 is 15.6 Å². The van der Waals surface area contributed by atoms with E-state index in [9.17, 15) is 9.13 Å². The summed E-state index contributed by atoms with van der Waals surface area (Å²) in [6, 6.07) is 0. The molecule has 22 heavy (non-hydrogen) atoms. The molecule has 0 saturated carbocycles. The van der Waals surface area contributed by atoms with E-state index < -0.39 is 15.6 Å². The van der Waals surface area contributed by atoms with Crippen molar-refractivity contribution in [1.29, 1.82) is 0 Å². The van der Waals surface area contributed by atoms with Crippen molar-refractivity contribution in [3.8, 4) is 0 Å². The van der Waals surface area contributed by atoms with Gasteiger partial charge < -0.3 is 9.05 Å². The lowest BCUT2D eigenvalue weighted by Gasteiger charge is -2.22. The first-order valence-electron chi connectivity index (χ1n) is 6.81. The van der Waals surface area contributed by atoms with Crippen molar-refractivity contribution < 1.29 is 36.3 Å². The second-order valence-corrected chi connectivity index (χ2v) is 6.78. The summed E-state index contributed by atoms with van der Waals surface area (Å²) in [6.07, 6.45) is 0. The summed E-state index contributed by atoms with van der Waals surface area (Å²) >= 11 is 0. The van der Waals surface area contributed by atoms with Crippen LogP contribution in [-0.4, -0.2) is 26.4 Å². The molecule has 0 aliphatic carbocycles. The Balaban J connectivity index is 4.87. The van der Waals surface area contributed by atoms with Gasteiger partial charge in [-0.2, -0.15) is 0 Å². The van der Waals surface area contributed by atoms with E-state index in [2.05, 4.69) is 13.2 Å². The summed E-state index contributed by atoms with van der Waals surface area (Å²) < 4.78 is 54.2. The Bertz CT molecular complexity index is 400. The second kappa shape index (κ2) is 10.2. The molecule has 10 heteroatoms. The van der Waals surface area contributed by atoms with Gasteiger partial charge in [0, 0.05) is 0 Å². The molecule has 8 nitrogen and oxygen atoms in total. The highest BCUT2D eigenvalue weighted by Gasteiger charge is 2.33. The second-order valence-electron chi connectivity index (χ2n) is 3.59. The average molecular weight is 358 g/mol. The van der Waals surface area contributed by atoms with Crippen LogP contribution in [0.15, 0.2) is 24.7 Å². The third-order valence-electron chi connectivity index (χ3n) is 1.90. The first-order chi connectivity index (χ1) is 10.3. The summed E-state index contributed by atoms with van der Waals surface area (Å²) in [6.45, 7) is 13.9. The van der Waals surface area contributed by atoms with Crippen molar-refractivity contribution in [2.24, 2.45) is 0 Å². The summed E-state index contributed by atoms with van der Waals surface area (Å²) in [7, 11) is -7.67. The molecule has 0 bridgehead atoms. The molecule has 0 aliphatic rings. The molecule has 0 aromatic heterocycles. The zero-order chi connectivity index (χ0) is 17.2. The SMILES string of the molecule is C=C(OP(=O)(OCC)OCC)C(=C)OP(=O)(OCC)OCC. The first-order valence-corrected chi connectivity index (χ1v) is 9.73. The van der Waals surface area contributed by atoms with Gasteiger partial charge in [0.2, 0.25) is 0 Å². The maximum Gasteiger partial charge on any atom is 0.530 e. The fourth-order valence-corrected chi connectivity index (χ4v) is 3.55. The maximum atomic E-state index is 12.2. The van der Waals surface area contributed by atoms with Gasteiger partial charge in [-0.15, -0.1) is 0 Å². The Hall–Kier alpha value is -0.620. The van der Waals surface area contributed by atoms with Gasteiger partial charge in [0.15, 0.2) is 11.5 Å². The van der Waals surface area contributed by atoms with Gasteiger partial charge >= 0.3 is 15.6 Å². The van der Waals surface area contributed by atoms with Crippen LogP contribution >= 0.6 is 15.6 Å². The number of phosphoric ester groups is 2. The van der Waals surface area contributed by atoms with Gasteiger partial charge in [-0.25, -0.2) is 9.13 Å². The van der Waals surface area contributed by atoms with Crippen molar-refractivity contribution in [1.82, 2.24) is 0 Å². The highest BCUT2D eigenvalue weighted by atomic mass is 31.2. The zero-order valence-corrected chi connectivity index (χ0v) is 15.2. The molecule has 0 aliphatic heterocycles. The van der Waals surface area contributed by atoms with Gasteiger partial charge in [-0.3, -0.25) is 18.1 Å². The molecule has 0 rings (SSSR count). The largest absolute Gasteiger partial charge is 0.530 e. The monoisotopic (exact) mass is 358 g/mol. The van der Waals surface area contributed by atoms with Crippen molar-refractivity contribution in [2.45, 2.75) is 27.7 Å². The molecule has 0 heterocycles. The van der Waals surface area contributed by atoms with Gasteiger partial charge in [0.25, 0.3) is 0 Å². The van der Waals surface area contributed by atoms with Gasteiger partial charge in [0.05, 0.1) is 26.4 Å². The number of hydrogen-bond donors (Lipinski definition) is 0. The zero-order valence-electron chi connectivity index (χ0n) is 13.4. The topological polar surface area (TPSA) is 89.5 Å². The molecule has 0 spiro atoms. The molecule has 0 aromatic carbocycles. The highest BCUT2D eigenvalue weighted by Crippen LogP contribution is 2.55. The van der Waals surface area contributed by atoms with E-state index in [1.165, 1.54) is 0 Å². The van der Waals surface area contributed by atoms with Crippen molar-refractivity contribution in [2.75, 3.05) is 26.4 Å². The highest BCUT2D eigenvalue weighted by molar-refractivity contribution is 7.49. The minimum absolute atomic E-state index is 0.105. The predicted octanol–water partition coefficient (Wildman–Crippen LogP) is 4.41. The van der Waals surface area contributed by atoms with E-state index in [1.807, 2.05) is 0 Å². The molecule has 0 atom stereocenters. The van der Waals surface area contributed by atoms with Crippen LogP contribution in [0.3, 0.4) is 0 Å². The lowest BCUT2D eigenvalue weighted by atomic mass is 10.5. The van der Waals surface area contributed by atoms with E-state index >= 15 is 0 Å². The summed E-state index contributed by atoms with van der Waals surface area (Å²) in [4.78, 5) is 0. The van der Waals surface area contributed by atoms with E-state index in [1.54, 1.807) is 27.7 Å². The summed E-state index contributed by atoms with van der Waals surface area (Å²) in [5.41, 5.74) is 0. The summed E-state index contributed by atoms with van der Waals surface area (Å²) in [5.74, 6) is -0.519. The molecular formula is C12H24O8P2. The summed E-state index contributed by atoms with van der Waals surface area (Å²) in [5, 5.41) is 0. The third-order valence-corrected chi connectivity index (χ3v) is 5.09. The van der Waals surface area contributed by atoms with Gasteiger partial charge in [-0.1, -0.05) is 13.2 Å². The molecule has 0 saturated heterocycles. The quantitative estimate of drug-likeness (QED) is 0.272. The lowest BCUT2D eigenvalue weighted by molar-refractivity contribution is 0.126. The molecular weight excluding hydrogens is 334 g/mol. The Labute approximate surface area is 131 Å². The number of rotatable bonds is 13. The molecule has 0 N–H and O–H groups in total. The van der Waals surface area contributed by atoms with Crippen LogP contribution in [0.25, 0.3) is 0 Å². The third kappa shape index (κ3) is 7.58. The Morgan fingerprint density at radius 3 is 1.09 bits per heavy atom. The van der Waals surface area contributed by atoms with Crippen LogP contribution in [0.5, 0.6) is 0 Å². The molecule has 0 amide bonds. The van der Waals surface area contributed by atoms with Crippen molar-refractivity contribution in [3.05, 3.63) is 24.7 Å². The smallest absolute Gasteiger partial charge is 0.401 e. The maximum absolute atomic E-state index is 12.2. The minimum Gasteiger partial charge on any atom is -0.401 e. The number of hydrogen-bond acceptors (Lipinski definition) is 8. The van der Waals surface area contributed by atoms with Crippen molar-refractivity contribution in [3.63, 3.8) is 0 Å². The van der Waals surface area contributed by atoms with Crippen LogP contribution in [0.1, 0.15) is 27.7 Å². The Morgan fingerprint density at radius 1 is 0.682 bits per heavy atom. The molecule has 0 aromatic rings. The Morgan fingerprint density at radius 2 is 0.909 bits per heavy atom. The van der Waals surface area contributed by atoms with E-state index in [0.29, 0.717) is 0 Å². The molecule has 0 radical (unpaired) electrons. The van der Waals surface area contributed by atoms with Gasteiger partial charge in [0.1, 0.15) is 0 Å². The number of phosphoric acid groups is 2. The van der Waals surface area contributed by atoms with Crippen LogP contribution in [-0.2, 0) is 36.3 Å². The minimum atomic E-state index is -3.84. The van der Waals surface area contributed by atoms with Gasteiger partial charge in [-0.05, 0) is 27.7 Å². The normalized spacial score (nSPS) is 12.0. The van der Waals surface area contributed by atoms with Crippen LogP contribution < -0.4 is 0 Å². The predicted molar refractivity (Wildman–Crippen MR) is 82.2 cm³/mol. The molecule has 130 valence electrons. The van der Waals surface area contributed by atoms with Crippen LogP contribution in [0, 0.1) is 0 Å². The Kier molecular flexibility index (Phi) is 9.92. The van der Waals surface area contributed by atoms with E-state index in [-0.39, 0.29) is 37.9 Å². The fraction of sp³-hybridized carbons (Fsp3) is 0.667.